The molecule has 0 amide bonds. The van der Waals surface area contributed by atoms with Crippen molar-refractivity contribution in [1.82, 2.24) is 3.93 Å². The standard InChI is InChI=1S/C6H6ClN3O4S/c7-10(8)15(13,14)6-3-1-5(2-4-6)9(11)12/h1-4H,8H2. The van der Waals surface area contributed by atoms with Crippen LogP contribution in [-0.4, -0.2) is 17.3 Å². The fourth-order valence-corrected chi connectivity index (χ4v) is 1.76. The summed E-state index contributed by atoms with van der Waals surface area (Å²) in [6, 6.07) is 4.20. The average molecular weight is 252 g/mol. The molecule has 7 nitrogen and oxygen atoms in total. The maximum absolute atomic E-state index is 11.3. The number of nitro benzene ring substituents is 1. The first kappa shape index (κ1) is 11.9. The van der Waals surface area contributed by atoms with Gasteiger partial charge in [-0.3, -0.25) is 10.1 Å². The Morgan fingerprint density at radius 3 is 2.13 bits per heavy atom. The lowest BCUT2D eigenvalue weighted by Gasteiger charge is -2.07. The predicted octanol–water partition coefficient (Wildman–Crippen LogP) is 0.613. The molecule has 0 radical (unpaired) electrons. The Morgan fingerprint density at radius 2 is 1.80 bits per heavy atom. The molecule has 0 spiro atoms. The fraction of sp³-hybridized carbons (Fsp3) is 0. The molecule has 0 atom stereocenters. The van der Waals surface area contributed by atoms with Crippen LogP contribution in [0.3, 0.4) is 0 Å². The van der Waals surface area contributed by atoms with E-state index in [0.717, 1.165) is 24.3 Å². The van der Waals surface area contributed by atoms with Crippen LogP contribution in [0.4, 0.5) is 5.69 Å². The third-order valence-corrected chi connectivity index (χ3v) is 3.45. The lowest BCUT2D eigenvalue weighted by atomic mass is 10.3. The summed E-state index contributed by atoms with van der Waals surface area (Å²) in [4.78, 5) is 9.43. The van der Waals surface area contributed by atoms with Crippen molar-refractivity contribution in [2.75, 3.05) is 0 Å². The number of benzene rings is 1. The molecule has 0 aliphatic carbocycles. The quantitative estimate of drug-likeness (QED) is 0.367. The number of sulfonamides is 1. The summed E-state index contributed by atoms with van der Waals surface area (Å²) in [5.41, 5.74) is -0.216. The molecule has 0 fully saturated rings. The number of non-ortho nitro benzene ring substituents is 1. The molecule has 0 aromatic heterocycles. The Kier molecular flexibility index (Phi) is 3.25. The van der Waals surface area contributed by atoms with Crippen LogP contribution in [0.2, 0.25) is 0 Å². The first-order valence-corrected chi connectivity index (χ1v) is 5.34. The second kappa shape index (κ2) is 4.11. The van der Waals surface area contributed by atoms with Gasteiger partial charge >= 0.3 is 0 Å². The summed E-state index contributed by atoms with van der Waals surface area (Å²) < 4.78 is 22.6. The third-order valence-electron chi connectivity index (χ3n) is 1.58. The number of nitro groups is 1. The zero-order valence-electron chi connectivity index (χ0n) is 7.20. The van der Waals surface area contributed by atoms with Gasteiger partial charge in [0.2, 0.25) is 0 Å². The van der Waals surface area contributed by atoms with Gasteiger partial charge < -0.3 is 0 Å². The van der Waals surface area contributed by atoms with Gasteiger partial charge in [-0.05, 0) is 16.1 Å². The number of nitrogens with zero attached hydrogens (tertiary/aromatic N) is 2. The summed E-state index contributed by atoms with van der Waals surface area (Å²) >= 11 is 5.10. The fourth-order valence-electron chi connectivity index (χ4n) is 0.841. The summed E-state index contributed by atoms with van der Waals surface area (Å²) in [6.07, 6.45) is 0. The molecular formula is C6H6ClN3O4S. The Hall–Kier alpha value is -1.22. The highest BCUT2D eigenvalue weighted by Gasteiger charge is 2.20. The summed E-state index contributed by atoms with van der Waals surface area (Å²) in [5, 5.41) is 10.3. The van der Waals surface area contributed by atoms with Crippen molar-refractivity contribution in [3.05, 3.63) is 34.4 Å². The molecule has 1 aromatic carbocycles. The number of hydrogen-bond donors (Lipinski definition) is 1. The van der Waals surface area contributed by atoms with Crippen LogP contribution in [0, 0.1) is 10.1 Å². The minimum Gasteiger partial charge on any atom is -0.258 e. The zero-order chi connectivity index (χ0) is 11.6. The third kappa shape index (κ3) is 2.42. The largest absolute Gasteiger partial charge is 0.269 e. The maximum atomic E-state index is 11.3. The number of nitrogens with two attached hydrogens (primary N) is 1. The average Bonchev–Trinajstić information content (AvgIpc) is 2.17. The molecule has 0 aliphatic heterocycles. The molecular weight excluding hydrogens is 246 g/mol. The zero-order valence-corrected chi connectivity index (χ0v) is 8.77. The SMILES string of the molecule is NN(Cl)S(=O)(=O)c1ccc([N+](=O)[O-])cc1. The van der Waals surface area contributed by atoms with Gasteiger partial charge in [-0.2, -0.15) is 0 Å². The summed E-state index contributed by atoms with van der Waals surface area (Å²) in [7, 11) is -3.97. The highest BCUT2D eigenvalue weighted by molar-refractivity contribution is 7.90. The lowest BCUT2D eigenvalue weighted by Crippen LogP contribution is -2.28. The molecule has 0 saturated heterocycles. The van der Waals surface area contributed by atoms with Crippen molar-refractivity contribution in [1.29, 1.82) is 0 Å². The maximum Gasteiger partial charge on any atom is 0.269 e. The Bertz CT molecular complexity index is 470. The van der Waals surface area contributed by atoms with Gasteiger partial charge in [0.25, 0.3) is 15.7 Å². The van der Waals surface area contributed by atoms with Gasteiger partial charge in [-0.15, -0.1) is 0 Å². The van der Waals surface area contributed by atoms with Crippen LogP contribution in [0.1, 0.15) is 0 Å². The van der Waals surface area contributed by atoms with Crippen LogP contribution in [-0.2, 0) is 10.0 Å². The van der Waals surface area contributed by atoms with E-state index in [9.17, 15) is 18.5 Å². The Balaban J connectivity index is 3.15. The van der Waals surface area contributed by atoms with Gasteiger partial charge in [0.05, 0.1) is 9.82 Å². The molecule has 0 saturated carbocycles. The van der Waals surface area contributed by atoms with Crippen molar-refractivity contribution < 1.29 is 13.3 Å². The summed E-state index contributed by atoms with van der Waals surface area (Å²) in [5.74, 6) is 4.88. The van der Waals surface area contributed by atoms with Crippen molar-refractivity contribution in [2.45, 2.75) is 4.90 Å². The molecule has 0 unspecified atom stereocenters. The van der Waals surface area contributed by atoms with Crippen molar-refractivity contribution >= 4 is 27.5 Å². The number of halogens is 1. The monoisotopic (exact) mass is 251 g/mol. The second-order valence-electron chi connectivity index (χ2n) is 2.50. The molecule has 0 heterocycles. The van der Waals surface area contributed by atoms with Crippen LogP contribution < -0.4 is 5.84 Å². The number of hydrogen-bond acceptors (Lipinski definition) is 5. The predicted molar refractivity (Wildman–Crippen MR) is 52.2 cm³/mol. The molecule has 1 aromatic rings. The van der Waals surface area contributed by atoms with Gasteiger partial charge in [0.1, 0.15) is 0 Å². The van der Waals surface area contributed by atoms with E-state index in [2.05, 4.69) is 0 Å². The van der Waals surface area contributed by atoms with E-state index in [0.29, 0.717) is 0 Å². The second-order valence-corrected chi connectivity index (χ2v) is 4.88. The minimum absolute atomic E-state index is 0.0220. The van der Waals surface area contributed by atoms with Crippen molar-refractivity contribution in [3.63, 3.8) is 0 Å². The van der Waals surface area contributed by atoms with Crippen molar-refractivity contribution in [3.8, 4) is 0 Å². The molecule has 9 heteroatoms. The summed E-state index contributed by atoms with van der Waals surface area (Å²) in [6.45, 7) is 0. The van der Waals surface area contributed by atoms with E-state index in [4.69, 9.17) is 17.6 Å². The number of hydrazine groups is 1. The molecule has 0 bridgehead atoms. The molecule has 82 valence electrons. The molecule has 1 rings (SSSR count). The van der Waals surface area contributed by atoms with E-state index in [1.165, 1.54) is 0 Å². The van der Waals surface area contributed by atoms with E-state index in [-0.39, 0.29) is 14.5 Å². The van der Waals surface area contributed by atoms with Crippen LogP contribution in [0.25, 0.3) is 0 Å². The molecule has 2 N–H and O–H groups in total. The van der Waals surface area contributed by atoms with Crippen LogP contribution in [0.15, 0.2) is 29.2 Å². The Morgan fingerprint density at radius 1 is 1.33 bits per heavy atom. The van der Waals surface area contributed by atoms with Gasteiger partial charge in [0.15, 0.2) is 0 Å². The van der Waals surface area contributed by atoms with Crippen LogP contribution >= 0.6 is 11.8 Å². The van der Waals surface area contributed by atoms with Gasteiger partial charge in [-0.25, -0.2) is 14.3 Å². The highest BCUT2D eigenvalue weighted by Crippen LogP contribution is 2.18. The highest BCUT2D eigenvalue weighted by atomic mass is 35.5. The van der Waals surface area contributed by atoms with Crippen molar-refractivity contribution in [2.24, 2.45) is 5.84 Å². The molecule has 0 aliphatic rings. The topological polar surface area (TPSA) is 107 Å². The minimum atomic E-state index is -3.97. The van der Waals surface area contributed by atoms with E-state index < -0.39 is 14.9 Å². The van der Waals surface area contributed by atoms with Gasteiger partial charge in [0, 0.05) is 23.9 Å². The van der Waals surface area contributed by atoms with Gasteiger partial charge in [-0.1, -0.05) is 0 Å². The lowest BCUT2D eigenvalue weighted by molar-refractivity contribution is -0.384. The molecule has 15 heavy (non-hydrogen) atoms. The van der Waals surface area contributed by atoms with E-state index >= 15 is 0 Å². The first-order chi connectivity index (χ1) is 6.85. The normalized spacial score (nSPS) is 11.7. The van der Waals surface area contributed by atoms with E-state index in [1.54, 1.807) is 0 Å². The van der Waals surface area contributed by atoms with Crippen LogP contribution in [0.5, 0.6) is 0 Å². The number of rotatable bonds is 3. The Labute approximate surface area is 90.3 Å². The smallest absolute Gasteiger partial charge is 0.258 e. The van der Waals surface area contributed by atoms with E-state index in [1.807, 2.05) is 0 Å². The first-order valence-electron chi connectivity index (χ1n) is 3.56.